The molecule has 1 aliphatic rings. The first-order chi connectivity index (χ1) is 16.6. The van der Waals surface area contributed by atoms with Crippen molar-refractivity contribution in [3.63, 3.8) is 0 Å². The minimum atomic E-state index is -0.412. The number of methoxy groups -OCH3 is 1. The maximum absolute atomic E-state index is 13.0. The van der Waals surface area contributed by atoms with Gasteiger partial charge in [-0.25, -0.2) is 4.98 Å². The van der Waals surface area contributed by atoms with Crippen LogP contribution < -0.4 is 19.5 Å². The Morgan fingerprint density at radius 1 is 1.09 bits per heavy atom. The zero-order valence-corrected chi connectivity index (χ0v) is 19.0. The summed E-state index contributed by atoms with van der Waals surface area (Å²) < 4.78 is 18.8. The standard InChI is InChI=1S/C27H25N3O4/c1-30-21-11-7-6-10-20(21)28-27(30)25(19-8-4-3-5-9-19)29-24(31)13-12-18-16-22(32-2)26-23(17-18)33-14-15-34-26/h3-13,16-17,25H,14-15H2,1-2H3,(H,29,31)/b13-12+. The van der Waals surface area contributed by atoms with Gasteiger partial charge in [0.25, 0.3) is 0 Å². The first-order valence-electron chi connectivity index (χ1n) is 11.1. The number of hydrogen-bond donors (Lipinski definition) is 1. The summed E-state index contributed by atoms with van der Waals surface area (Å²) in [4.78, 5) is 17.8. The van der Waals surface area contributed by atoms with Crippen LogP contribution in [0.3, 0.4) is 0 Å². The lowest BCUT2D eigenvalue weighted by Crippen LogP contribution is -2.29. The second-order valence-electron chi connectivity index (χ2n) is 7.95. The molecule has 1 aliphatic heterocycles. The summed E-state index contributed by atoms with van der Waals surface area (Å²) in [6, 6.07) is 21.0. The van der Waals surface area contributed by atoms with Crippen molar-refractivity contribution in [3.8, 4) is 17.2 Å². The van der Waals surface area contributed by atoms with Gasteiger partial charge in [0.1, 0.15) is 25.1 Å². The number of aryl methyl sites for hydroxylation is 1. The van der Waals surface area contributed by atoms with Gasteiger partial charge >= 0.3 is 0 Å². The molecule has 4 aromatic rings. The summed E-state index contributed by atoms with van der Waals surface area (Å²) in [5.74, 6) is 2.28. The third-order valence-electron chi connectivity index (χ3n) is 5.78. The molecule has 1 unspecified atom stereocenters. The van der Waals surface area contributed by atoms with Gasteiger partial charge in [-0.3, -0.25) is 4.79 Å². The molecule has 0 bridgehead atoms. The molecule has 0 saturated heterocycles. The monoisotopic (exact) mass is 455 g/mol. The predicted molar refractivity (Wildman–Crippen MR) is 130 cm³/mol. The summed E-state index contributed by atoms with van der Waals surface area (Å²) in [7, 11) is 3.54. The zero-order valence-electron chi connectivity index (χ0n) is 19.0. The zero-order chi connectivity index (χ0) is 23.5. The second-order valence-corrected chi connectivity index (χ2v) is 7.95. The molecular formula is C27H25N3O4. The number of ether oxygens (including phenoxy) is 3. The van der Waals surface area contributed by atoms with Gasteiger partial charge in [-0.1, -0.05) is 42.5 Å². The molecule has 1 aromatic heterocycles. The van der Waals surface area contributed by atoms with Crippen molar-refractivity contribution in [3.05, 3.63) is 89.8 Å². The van der Waals surface area contributed by atoms with Gasteiger partial charge in [-0.2, -0.15) is 0 Å². The molecule has 0 aliphatic carbocycles. The Morgan fingerprint density at radius 3 is 2.65 bits per heavy atom. The molecule has 1 atom stereocenters. The van der Waals surface area contributed by atoms with E-state index in [0.717, 1.165) is 28.0 Å². The van der Waals surface area contributed by atoms with Crippen LogP contribution in [-0.2, 0) is 11.8 Å². The molecule has 1 N–H and O–H groups in total. The topological polar surface area (TPSA) is 74.6 Å². The summed E-state index contributed by atoms with van der Waals surface area (Å²) in [6.07, 6.45) is 3.23. The van der Waals surface area contributed by atoms with Crippen LogP contribution in [0.2, 0.25) is 0 Å². The van der Waals surface area contributed by atoms with E-state index in [1.807, 2.05) is 78.3 Å². The smallest absolute Gasteiger partial charge is 0.244 e. The van der Waals surface area contributed by atoms with Gasteiger partial charge in [0.2, 0.25) is 11.7 Å². The van der Waals surface area contributed by atoms with Crippen LogP contribution in [0.25, 0.3) is 17.1 Å². The Labute approximate surface area is 197 Å². The number of amides is 1. The highest BCUT2D eigenvalue weighted by Gasteiger charge is 2.22. The average Bonchev–Trinajstić information content (AvgIpc) is 3.22. The molecule has 2 heterocycles. The largest absolute Gasteiger partial charge is 0.493 e. The Bertz CT molecular complexity index is 1340. The fourth-order valence-electron chi connectivity index (χ4n) is 4.12. The number of rotatable bonds is 6. The quantitative estimate of drug-likeness (QED) is 0.440. The number of fused-ring (bicyclic) bond motifs is 2. The maximum atomic E-state index is 13.0. The van der Waals surface area contributed by atoms with E-state index in [4.69, 9.17) is 19.2 Å². The highest BCUT2D eigenvalue weighted by atomic mass is 16.6. The van der Waals surface area contributed by atoms with Crippen molar-refractivity contribution >= 4 is 23.0 Å². The fourth-order valence-corrected chi connectivity index (χ4v) is 4.12. The lowest BCUT2D eigenvalue weighted by atomic mass is 10.1. The van der Waals surface area contributed by atoms with E-state index in [-0.39, 0.29) is 5.91 Å². The summed E-state index contributed by atoms with van der Waals surface area (Å²) in [5, 5.41) is 3.12. The van der Waals surface area contributed by atoms with E-state index in [2.05, 4.69) is 5.32 Å². The molecule has 0 spiro atoms. The molecule has 0 radical (unpaired) electrons. The molecule has 1 amide bonds. The number of carbonyl (C=O) groups is 1. The number of nitrogens with zero attached hydrogens (tertiary/aromatic N) is 2. The molecule has 0 fully saturated rings. The van der Waals surface area contributed by atoms with Gasteiger partial charge in [0.15, 0.2) is 11.5 Å². The highest BCUT2D eigenvalue weighted by molar-refractivity contribution is 5.92. The van der Waals surface area contributed by atoms with Crippen molar-refractivity contribution in [2.24, 2.45) is 7.05 Å². The van der Waals surface area contributed by atoms with Gasteiger partial charge in [0.05, 0.1) is 18.1 Å². The Balaban J connectivity index is 1.43. The molecule has 7 heteroatoms. The lowest BCUT2D eigenvalue weighted by Gasteiger charge is -2.21. The molecule has 5 rings (SSSR count). The van der Waals surface area contributed by atoms with Crippen LogP contribution in [0.4, 0.5) is 0 Å². The SMILES string of the molecule is COc1cc(/C=C/C(=O)NC(c2ccccc2)c2nc3ccccc3n2C)cc2c1OCCO2. The Morgan fingerprint density at radius 2 is 1.85 bits per heavy atom. The van der Waals surface area contributed by atoms with Crippen molar-refractivity contribution in [1.82, 2.24) is 14.9 Å². The molecular weight excluding hydrogens is 430 g/mol. The van der Waals surface area contributed by atoms with E-state index >= 15 is 0 Å². The van der Waals surface area contributed by atoms with Crippen LogP contribution in [0.1, 0.15) is 23.0 Å². The van der Waals surface area contributed by atoms with Gasteiger partial charge < -0.3 is 24.1 Å². The molecule has 172 valence electrons. The highest BCUT2D eigenvalue weighted by Crippen LogP contribution is 2.40. The van der Waals surface area contributed by atoms with E-state index < -0.39 is 6.04 Å². The van der Waals surface area contributed by atoms with Crippen molar-refractivity contribution in [1.29, 1.82) is 0 Å². The Kier molecular flexibility index (Phi) is 5.91. The fraction of sp³-hybridized carbons (Fsp3) is 0.185. The molecule has 3 aromatic carbocycles. The van der Waals surface area contributed by atoms with Crippen LogP contribution >= 0.6 is 0 Å². The van der Waals surface area contributed by atoms with Gasteiger partial charge in [-0.05, 0) is 41.5 Å². The summed E-state index contributed by atoms with van der Waals surface area (Å²) >= 11 is 0. The third kappa shape index (κ3) is 4.20. The van der Waals surface area contributed by atoms with Crippen molar-refractivity contribution in [2.45, 2.75) is 6.04 Å². The van der Waals surface area contributed by atoms with Crippen LogP contribution in [0, 0.1) is 0 Å². The molecule has 34 heavy (non-hydrogen) atoms. The first-order valence-corrected chi connectivity index (χ1v) is 11.1. The number of benzene rings is 3. The second kappa shape index (κ2) is 9.31. The van der Waals surface area contributed by atoms with Gasteiger partial charge in [0, 0.05) is 13.1 Å². The average molecular weight is 456 g/mol. The number of imidazole rings is 1. The maximum Gasteiger partial charge on any atom is 0.244 e. The van der Waals surface area contributed by atoms with Crippen molar-refractivity contribution in [2.75, 3.05) is 20.3 Å². The minimum Gasteiger partial charge on any atom is -0.493 e. The number of hydrogen-bond acceptors (Lipinski definition) is 5. The minimum absolute atomic E-state index is 0.241. The molecule has 7 nitrogen and oxygen atoms in total. The number of carbonyl (C=O) groups excluding carboxylic acids is 1. The van der Waals surface area contributed by atoms with Crippen LogP contribution in [0.15, 0.2) is 72.8 Å². The van der Waals surface area contributed by atoms with Crippen molar-refractivity contribution < 1.29 is 19.0 Å². The van der Waals surface area contributed by atoms with E-state index in [9.17, 15) is 4.79 Å². The lowest BCUT2D eigenvalue weighted by molar-refractivity contribution is -0.117. The van der Waals surface area contributed by atoms with E-state index in [0.29, 0.717) is 30.5 Å². The number of para-hydroxylation sites is 2. The number of nitrogens with one attached hydrogen (secondary N) is 1. The molecule has 0 saturated carbocycles. The van der Waals surface area contributed by atoms with Crippen LogP contribution in [0.5, 0.6) is 17.2 Å². The Hall–Kier alpha value is -4.26. The summed E-state index contributed by atoms with van der Waals surface area (Å²) in [6.45, 7) is 0.949. The predicted octanol–water partition coefficient (Wildman–Crippen LogP) is 4.27. The normalized spacial score (nSPS) is 13.7. The summed E-state index contributed by atoms with van der Waals surface area (Å²) in [5.41, 5.74) is 3.61. The van der Waals surface area contributed by atoms with E-state index in [1.165, 1.54) is 6.08 Å². The first kappa shape index (κ1) is 21.6. The number of aromatic nitrogens is 2. The van der Waals surface area contributed by atoms with Crippen LogP contribution in [-0.4, -0.2) is 35.8 Å². The van der Waals surface area contributed by atoms with Gasteiger partial charge in [-0.15, -0.1) is 0 Å². The van der Waals surface area contributed by atoms with E-state index in [1.54, 1.807) is 13.2 Å². The third-order valence-corrected chi connectivity index (χ3v) is 5.78.